The van der Waals surface area contributed by atoms with E-state index in [9.17, 15) is 0 Å². The normalized spacial score (nSPS) is 16.7. The van der Waals surface area contributed by atoms with Gasteiger partial charge in [0, 0.05) is 18.0 Å². The van der Waals surface area contributed by atoms with Crippen molar-refractivity contribution in [1.29, 1.82) is 0 Å². The lowest BCUT2D eigenvalue weighted by molar-refractivity contribution is 0.424. The molecule has 1 aliphatic rings. The van der Waals surface area contributed by atoms with Crippen LogP contribution in [-0.4, -0.2) is 10.1 Å². The van der Waals surface area contributed by atoms with Crippen LogP contribution in [0.4, 0.5) is 0 Å². The lowest BCUT2D eigenvalue weighted by Gasteiger charge is -2.22. The third-order valence-corrected chi connectivity index (χ3v) is 5.30. The summed E-state index contributed by atoms with van der Waals surface area (Å²) in [6.07, 6.45) is 3.74. The Morgan fingerprint density at radius 1 is 1.12 bits per heavy atom. The minimum Gasteiger partial charge on any atom is -0.334 e. The van der Waals surface area contributed by atoms with Crippen molar-refractivity contribution in [3.05, 3.63) is 69.0 Å². The summed E-state index contributed by atoms with van der Waals surface area (Å²) in [4.78, 5) is 4.51. The predicted octanol–water partition coefficient (Wildman–Crippen LogP) is 4.97. The Kier molecular flexibility index (Phi) is 4.50. The van der Waals surface area contributed by atoms with E-state index in [1.165, 1.54) is 11.1 Å². The molecule has 128 valence electrons. The first kappa shape index (κ1) is 16.6. The van der Waals surface area contributed by atoms with E-state index in [1.54, 1.807) is 6.07 Å². The number of aryl methyl sites for hydroxylation is 1. The monoisotopic (exact) mass is 373 g/mol. The number of hydrogen-bond acceptors (Lipinski definition) is 4. The minimum absolute atomic E-state index is 0.130. The number of nitrogens with two attached hydrogens (primary N) is 1. The molecule has 0 spiro atoms. The molecule has 1 unspecified atom stereocenters. The van der Waals surface area contributed by atoms with E-state index in [0.29, 0.717) is 28.2 Å². The molecule has 1 aliphatic carbocycles. The van der Waals surface area contributed by atoms with Crippen molar-refractivity contribution in [1.82, 2.24) is 10.1 Å². The molecule has 3 aromatic rings. The highest BCUT2D eigenvalue weighted by Gasteiger charge is 2.18. The second kappa shape index (κ2) is 6.79. The molecule has 2 aromatic carbocycles. The molecule has 0 saturated heterocycles. The maximum Gasteiger partial charge on any atom is 0.257 e. The Morgan fingerprint density at radius 3 is 2.84 bits per heavy atom. The average molecular weight is 374 g/mol. The maximum atomic E-state index is 6.18. The van der Waals surface area contributed by atoms with E-state index < -0.39 is 0 Å². The topological polar surface area (TPSA) is 64.9 Å². The van der Waals surface area contributed by atoms with Crippen molar-refractivity contribution in [3.8, 4) is 11.5 Å². The number of nitrogens with zero attached hydrogens (tertiary/aromatic N) is 2. The van der Waals surface area contributed by atoms with Crippen LogP contribution in [0.25, 0.3) is 11.5 Å². The molecule has 0 aliphatic heterocycles. The molecule has 25 heavy (non-hydrogen) atoms. The first-order valence-corrected chi connectivity index (χ1v) is 9.01. The number of benzene rings is 2. The van der Waals surface area contributed by atoms with Crippen LogP contribution in [0.15, 0.2) is 40.9 Å². The van der Waals surface area contributed by atoms with Crippen LogP contribution in [0.3, 0.4) is 0 Å². The molecule has 6 heteroatoms. The molecule has 0 radical (unpaired) electrons. The summed E-state index contributed by atoms with van der Waals surface area (Å²) >= 11 is 12.0. The summed E-state index contributed by atoms with van der Waals surface area (Å²) in [6, 6.07) is 11.8. The quantitative estimate of drug-likeness (QED) is 0.703. The summed E-state index contributed by atoms with van der Waals surface area (Å²) in [5, 5.41) is 5.14. The summed E-state index contributed by atoms with van der Waals surface area (Å²) in [6.45, 7) is 0. The predicted molar refractivity (Wildman–Crippen MR) is 98.9 cm³/mol. The molecular weight excluding hydrogens is 357 g/mol. The van der Waals surface area contributed by atoms with Gasteiger partial charge in [0.05, 0.1) is 10.0 Å². The molecule has 1 heterocycles. The highest BCUT2D eigenvalue weighted by Crippen LogP contribution is 2.31. The second-order valence-electron chi connectivity index (χ2n) is 6.35. The van der Waals surface area contributed by atoms with Gasteiger partial charge in [0.2, 0.25) is 0 Å². The van der Waals surface area contributed by atoms with Crippen LogP contribution in [-0.2, 0) is 12.8 Å². The Bertz CT molecular complexity index is 923. The van der Waals surface area contributed by atoms with Crippen molar-refractivity contribution in [2.24, 2.45) is 5.73 Å². The van der Waals surface area contributed by atoms with Gasteiger partial charge < -0.3 is 10.3 Å². The van der Waals surface area contributed by atoms with Gasteiger partial charge in [-0.15, -0.1) is 0 Å². The number of hydrogen-bond donors (Lipinski definition) is 1. The molecule has 2 N–H and O–H groups in total. The largest absolute Gasteiger partial charge is 0.334 e. The highest BCUT2D eigenvalue weighted by atomic mass is 35.5. The zero-order valence-electron chi connectivity index (χ0n) is 13.5. The van der Waals surface area contributed by atoms with Gasteiger partial charge in [-0.25, -0.2) is 0 Å². The van der Waals surface area contributed by atoms with Crippen LogP contribution in [0.1, 0.15) is 41.4 Å². The van der Waals surface area contributed by atoms with Crippen LogP contribution in [0, 0.1) is 0 Å². The van der Waals surface area contributed by atoms with Gasteiger partial charge in [-0.1, -0.05) is 40.5 Å². The minimum atomic E-state index is 0.130. The first-order chi connectivity index (χ1) is 12.1. The number of aromatic nitrogens is 2. The Balaban J connectivity index is 1.58. The Labute approximate surface area is 155 Å². The Hall–Kier alpha value is -1.88. The molecule has 1 aromatic heterocycles. The summed E-state index contributed by atoms with van der Waals surface area (Å²) in [5.74, 6) is 1.14. The second-order valence-corrected chi connectivity index (χ2v) is 7.17. The number of fused-ring (bicyclic) bond motifs is 1. The van der Waals surface area contributed by atoms with Crippen LogP contribution in [0.2, 0.25) is 10.0 Å². The SMILES string of the molecule is NC1CCCc2cc(-c3nc(Cc4ccc(Cl)c(Cl)c4)no3)ccc21. The molecule has 0 amide bonds. The molecule has 4 nitrogen and oxygen atoms in total. The standard InChI is InChI=1S/C19H17Cl2N3O/c20-15-7-4-11(8-16(15)21)9-18-23-19(25-24-18)13-5-6-14-12(10-13)2-1-3-17(14)22/h4-8,10,17H,1-3,9,22H2. The van der Waals surface area contributed by atoms with Crippen LogP contribution in [0.5, 0.6) is 0 Å². The van der Waals surface area contributed by atoms with E-state index in [0.717, 1.165) is 30.4 Å². The van der Waals surface area contributed by atoms with E-state index in [2.05, 4.69) is 22.3 Å². The van der Waals surface area contributed by atoms with Crippen LogP contribution < -0.4 is 5.73 Å². The van der Waals surface area contributed by atoms with Crippen molar-refractivity contribution in [3.63, 3.8) is 0 Å². The van der Waals surface area contributed by atoms with Gasteiger partial charge >= 0.3 is 0 Å². The van der Waals surface area contributed by atoms with Gasteiger partial charge in [0.15, 0.2) is 5.82 Å². The zero-order valence-corrected chi connectivity index (χ0v) is 15.0. The first-order valence-electron chi connectivity index (χ1n) is 8.25. The Morgan fingerprint density at radius 2 is 2.00 bits per heavy atom. The van der Waals surface area contributed by atoms with Gasteiger partial charge in [-0.3, -0.25) is 0 Å². The molecular formula is C19H17Cl2N3O. The fraction of sp³-hybridized carbons (Fsp3) is 0.263. The molecule has 1 atom stereocenters. The molecule has 0 fully saturated rings. The number of rotatable bonds is 3. The average Bonchev–Trinajstić information content (AvgIpc) is 3.07. The van der Waals surface area contributed by atoms with Crippen molar-refractivity contribution in [2.75, 3.05) is 0 Å². The zero-order chi connectivity index (χ0) is 17.4. The number of halogens is 2. The van der Waals surface area contributed by atoms with Crippen molar-refractivity contribution >= 4 is 23.2 Å². The molecule has 4 rings (SSSR count). The van der Waals surface area contributed by atoms with Crippen LogP contribution >= 0.6 is 23.2 Å². The van der Waals surface area contributed by atoms with Crippen molar-refractivity contribution in [2.45, 2.75) is 31.7 Å². The van der Waals surface area contributed by atoms with Gasteiger partial charge in [-0.05, 0) is 60.2 Å². The smallest absolute Gasteiger partial charge is 0.257 e. The molecule has 0 bridgehead atoms. The van der Waals surface area contributed by atoms with E-state index in [4.69, 9.17) is 33.5 Å². The lowest BCUT2D eigenvalue weighted by Crippen LogP contribution is -2.17. The summed E-state index contributed by atoms with van der Waals surface area (Å²) < 4.78 is 5.44. The maximum absolute atomic E-state index is 6.18. The molecule has 0 saturated carbocycles. The van der Waals surface area contributed by atoms with E-state index in [-0.39, 0.29) is 6.04 Å². The summed E-state index contributed by atoms with van der Waals surface area (Å²) in [7, 11) is 0. The van der Waals surface area contributed by atoms with Gasteiger partial charge in [-0.2, -0.15) is 4.98 Å². The third kappa shape index (κ3) is 3.43. The highest BCUT2D eigenvalue weighted by molar-refractivity contribution is 6.42. The van der Waals surface area contributed by atoms with Gasteiger partial charge in [0.25, 0.3) is 5.89 Å². The van der Waals surface area contributed by atoms with Gasteiger partial charge in [0.1, 0.15) is 0 Å². The fourth-order valence-electron chi connectivity index (χ4n) is 3.26. The van der Waals surface area contributed by atoms with E-state index >= 15 is 0 Å². The third-order valence-electron chi connectivity index (χ3n) is 4.56. The summed E-state index contributed by atoms with van der Waals surface area (Å²) in [5.41, 5.74) is 10.6. The van der Waals surface area contributed by atoms with Crippen molar-refractivity contribution < 1.29 is 4.52 Å². The fourth-order valence-corrected chi connectivity index (χ4v) is 3.58. The lowest BCUT2D eigenvalue weighted by atomic mass is 9.87. The van der Waals surface area contributed by atoms with E-state index in [1.807, 2.05) is 18.2 Å².